The predicted octanol–water partition coefficient (Wildman–Crippen LogP) is 3.92. The van der Waals surface area contributed by atoms with Crippen LogP contribution in [-0.4, -0.2) is 5.91 Å². The maximum absolute atomic E-state index is 12.0. The number of nitrogens with one attached hydrogen (secondary N) is 1. The Hall–Kier alpha value is -1.52. The van der Waals surface area contributed by atoms with Crippen molar-refractivity contribution in [2.75, 3.05) is 5.32 Å². The van der Waals surface area contributed by atoms with Crippen LogP contribution in [0, 0.1) is 0 Å². The number of carbonyl (C=O) groups is 1. The van der Waals surface area contributed by atoms with Crippen molar-refractivity contribution >= 4 is 39.1 Å². The lowest BCUT2D eigenvalue weighted by molar-refractivity contribution is -0.122. The molecule has 3 N–H and O–H groups in total. The summed E-state index contributed by atoms with van der Waals surface area (Å²) in [5.41, 5.74) is 5.93. The van der Waals surface area contributed by atoms with Crippen LogP contribution in [0.2, 0.25) is 5.02 Å². The summed E-state index contributed by atoms with van der Waals surface area (Å²) in [6, 6.07) is 14.7. The van der Waals surface area contributed by atoms with Gasteiger partial charge in [-0.1, -0.05) is 51.8 Å². The molecule has 2 aromatic carbocycles. The van der Waals surface area contributed by atoms with Crippen LogP contribution in [-0.2, 0) is 10.3 Å². The molecule has 0 aliphatic heterocycles. The minimum absolute atomic E-state index is 0.495. The van der Waals surface area contributed by atoms with Crippen LogP contribution in [0.4, 0.5) is 5.69 Å². The van der Waals surface area contributed by atoms with E-state index in [1.807, 2.05) is 36.4 Å². The van der Waals surface area contributed by atoms with Gasteiger partial charge in [0, 0.05) is 20.7 Å². The smallest absolute Gasteiger partial charge is 0.247 e. The SMILES string of the molecule is CC(Nc1cccc(Br)c1)(C(N)=O)c1ccccc1Cl. The van der Waals surface area contributed by atoms with Crippen LogP contribution >= 0.6 is 27.5 Å². The highest BCUT2D eigenvalue weighted by Crippen LogP contribution is 2.31. The molecule has 0 aliphatic carbocycles. The standard InChI is InChI=1S/C15H14BrClN2O/c1-15(14(18)20,12-7-2-3-8-13(12)17)19-11-6-4-5-10(16)9-11/h2-9,19H,1H3,(H2,18,20). The van der Waals surface area contributed by atoms with Crippen molar-refractivity contribution in [2.24, 2.45) is 5.73 Å². The van der Waals surface area contributed by atoms with Gasteiger partial charge >= 0.3 is 0 Å². The first-order valence-corrected chi connectivity index (χ1v) is 7.19. The van der Waals surface area contributed by atoms with Gasteiger partial charge in [-0.3, -0.25) is 4.79 Å². The Morgan fingerprint density at radius 3 is 2.55 bits per heavy atom. The molecule has 104 valence electrons. The van der Waals surface area contributed by atoms with Crippen molar-refractivity contribution in [1.29, 1.82) is 0 Å². The average Bonchev–Trinajstić information content (AvgIpc) is 2.38. The van der Waals surface area contributed by atoms with Crippen LogP contribution in [0.3, 0.4) is 0 Å². The lowest BCUT2D eigenvalue weighted by Crippen LogP contribution is -2.45. The minimum atomic E-state index is -1.08. The Kier molecular flexibility index (Phi) is 4.35. The highest BCUT2D eigenvalue weighted by molar-refractivity contribution is 9.10. The van der Waals surface area contributed by atoms with E-state index in [4.69, 9.17) is 17.3 Å². The molecule has 0 heterocycles. The van der Waals surface area contributed by atoms with Crippen molar-refractivity contribution in [1.82, 2.24) is 0 Å². The Morgan fingerprint density at radius 2 is 1.95 bits per heavy atom. The Bertz CT molecular complexity index is 647. The van der Waals surface area contributed by atoms with Gasteiger partial charge in [0.25, 0.3) is 0 Å². The minimum Gasteiger partial charge on any atom is -0.368 e. The number of nitrogens with two attached hydrogens (primary N) is 1. The fourth-order valence-corrected chi connectivity index (χ4v) is 2.71. The quantitative estimate of drug-likeness (QED) is 0.875. The lowest BCUT2D eigenvalue weighted by atomic mass is 9.90. The van der Waals surface area contributed by atoms with E-state index in [0.29, 0.717) is 10.6 Å². The number of hydrogen-bond acceptors (Lipinski definition) is 2. The van der Waals surface area contributed by atoms with Crippen molar-refractivity contribution in [3.05, 3.63) is 63.6 Å². The van der Waals surface area contributed by atoms with Gasteiger partial charge in [-0.15, -0.1) is 0 Å². The highest BCUT2D eigenvalue weighted by atomic mass is 79.9. The van der Waals surface area contributed by atoms with Crippen LogP contribution < -0.4 is 11.1 Å². The molecule has 0 spiro atoms. The van der Waals surface area contributed by atoms with Crippen LogP contribution in [0.25, 0.3) is 0 Å². The third kappa shape index (κ3) is 2.97. The molecule has 0 saturated carbocycles. The second kappa shape index (κ2) is 5.85. The second-order valence-electron chi connectivity index (χ2n) is 4.60. The molecule has 0 fully saturated rings. The molecule has 0 aliphatic rings. The highest BCUT2D eigenvalue weighted by Gasteiger charge is 2.34. The lowest BCUT2D eigenvalue weighted by Gasteiger charge is -2.30. The van der Waals surface area contributed by atoms with Crippen LogP contribution in [0.1, 0.15) is 12.5 Å². The Balaban J connectivity index is 2.46. The van der Waals surface area contributed by atoms with E-state index in [0.717, 1.165) is 10.2 Å². The third-order valence-corrected chi connectivity index (χ3v) is 3.95. The number of benzene rings is 2. The summed E-state index contributed by atoms with van der Waals surface area (Å²) >= 11 is 9.59. The summed E-state index contributed by atoms with van der Waals surface area (Å²) in [5, 5.41) is 3.66. The molecule has 3 nitrogen and oxygen atoms in total. The zero-order valence-electron chi connectivity index (χ0n) is 10.9. The molecule has 1 unspecified atom stereocenters. The Labute approximate surface area is 131 Å². The van der Waals surface area contributed by atoms with E-state index >= 15 is 0 Å². The van der Waals surface area contributed by atoms with Crippen molar-refractivity contribution < 1.29 is 4.79 Å². The molecule has 0 aromatic heterocycles. The van der Waals surface area contributed by atoms with Gasteiger partial charge in [0.2, 0.25) is 5.91 Å². The number of hydrogen-bond donors (Lipinski definition) is 2. The van der Waals surface area contributed by atoms with Gasteiger partial charge in [-0.05, 0) is 31.2 Å². The molecular weight excluding hydrogens is 340 g/mol. The molecule has 2 rings (SSSR count). The van der Waals surface area contributed by atoms with Crippen LogP contribution in [0.5, 0.6) is 0 Å². The number of carbonyl (C=O) groups excluding carboxylic acids is 1. The van der Waals surface area contributed by atoms with E-state index in [2.05, 4.69) is 21.2 Å². The van der Waals surface area contributed by atoms with Gasteiger partial charge in [0.15, 0.2) is 0 Å². The van der Waals surface area contributed by atoms with Crippen molar-refractivity contribution in [3.8, 4) is 0 Å². The van der Waals surface area contributed by atoms with E-state index in [1.54, 1.807) is 19.1 Å². The summed E-state index contributed by atoms with van der Waals surface area (Å²) in [5.74, 6) is -0.495. The fourth-order valence-electron chi connectivity index (χ4n) is 1.98. The van der Waals surface area contributed by atoms with E-state index in [1.165, 1.54) is 0 Å². The van der Waals surface area contributed by atoms with Gasteiger partial charge < -0.3 is 11.1 Å². The Morgan fingerprint density at radius 1 is 1.25 bits per heavy atom. The zero-order chi connectivity index (χ0) is 14.8. The monoisotopic (exact) mass is 352 g/mol. The molecule has 20 heavy (non-hydrogen) atoms. The summed E-state index contributed by atoms with van der Waals surface area (Å²) < 4.78 is 0.911. The van der Waals surface area contributed by atoms with Gasteiger partial charge in [-0.2, -0.15) is 0 Å². The van der Waals surface area contributed by atoms with E-state index in [9.17, 15) is 4.79 Å². The number of halogens is 2. The van der Waals surface area contributed by atoms with Gasteiger partial charge in [0.1, 0.15) is 5.54 Å². The third-order valence-electron chi connectivity index (χ3n) is 3.12. The first-order chi connectivity index (χ1) is 9.43. The molecule has 2 aromatic rings. The molecule has 1 amide bonds. The van der Waals surface area contributed by atoms with Gasteiger partial charge in [0.05, 0.1) is 0 Å². The molecule has 0 saturated heterocycles. The van der Waals surface area contributed by atoms with Gasteiger partial charge in [-0.25, -0.2) is 0 Å². The number of anilines is 1. The number of amides is 1. The maximum atomic E-state index is 12.0. The summed E-state index contributed by atoms with van der Waals surface area (Å²) in [6.45, 7) is 1.72. The van der Waals surface area contributed by atoms with Crippen molar-refractivity contribution in [2.45, 2.75) is 12.5 Å². The average molecular weight is 354 g/mol. The fraction of sp³-hybridized carbons (Fsp3) is 0.133. The second-order valence-corrected chi connectivity index (χ2v) is 5.93. The van der Waals surface area contributed by atoms with E-state index in [-0.39, 0.29) is 0 Å². The molecule has 0 bridgehead atoms. The maximum Gasteiger partial charge on any atom is 0.247 e. The molecule has 1 atom stereocenters. The zero-order valence-corrected chi connectivity index (χ0v) is 13.2. The summed E-state index contributed by atoms with van der Waals surface area (Å²) in [6.07, 6.45) is 0. The van der Waals surface area contributed by atoms with Crippen LogP contribution in [0.15, 0.2) is 53.0 Å². The first-order valence-electron chi connectivity index (χ1n) is 6.02. The summed E-state index contributed by atoms with van der Waals surface area (Å²) in [7, 11) is 0. The molecule has 0 radical (unpaired) electrons. The summed E-state index contributed by atoms with van der Waals surface area (Å²) in [4.78, 5) is 12.0. The van der Waals surface area contributed by atoms with Crippen molar-refractivity contribution in [3.63, 3.8) is 0 Å². The number of primary amides is 1. The number of rotatable bonds is 4. The largest absolute Gasteiger partial charge is 0.368 e. The molecule has 5 heteroatoms. The normalized spacial score (nSPS) is 13.6. The van der Waals surface area contributed by atoms with E-state index < -0.39 is 11.4 Å². The molecular formula is C15H14BrClN2O. The first kappa shape index (κ1) is 14.9. The topological polar surface area (TPSA) is 55.1 Å². The predicted molar refractivity (Wildman–Crippen MR) is 85.8 cm³/mol.